The molecule has 6 heteroatoms. The SMILES string of the molecule is Cc1cc(N(C)C)ccc1NC(=O)CN1C(=O)[C@@H]2CC=CC[C@H]2C1=O. The van der Waals surface area contributed by atoms with Gasteiger partial charge in [-0.05, 0) is 43.5 Å². The molecule has 1 heterocycles. The Kier molecular flexibility index (Phi) is 4.61. The third kappa shape index (κ3) is 3.29. The van der Waals surface area contributed by atoms with Gasteiger partial charge in [0.25, 0.3) is 0 Å². The molecule has 0 aromatic heterocycles. The highest BCUT2D eigenvalue weighted by atomic mass is 16.2. The largest absolute Gasteiger partial charge is 0.378 e. The number of hydrogen-bond donors (Lipinski definition) is 1. The van der Waals surface area contributed by atoms with E-state index >= 15 is 0 Å². The Balaban J connectivity index is 1.67. The average molecular weight is 341 g/mol. The van der Waals surface area contributed by atoms with Gasteiger partial charge < -0.3 is 10.2 Å². The van der Waals surface area contributed by atoms with Crippen molar-refractivity contribution in [2.24, 2.45) is 11.8 Å². The van der Waals surface area contributed by atoms with E-state index in [1.807, 2.05) is 56.3 Å². The number of aryl methyl sites for hydroxylation is 1. The van der Waals surface area contributed by atoms with Gasteiger partial charge in [-0.15, -0.1) is 0 Å². The third-order valence-electron chi connectivity index (χ3n) is 4.90. The van der Waals surface area contributed by atoms with Crippen LogP contribution >= 0.6 is 0 Å². The van der Waals surface area contributed by atoms with Gasteiger partial charge >= 0.3 is 0 Å². The quantitative estimate of drug-likeness (QED) is 0.671. The minimum absolute atomic E-state index is 0.223. The summed E-state index contributed by atoms with van der Waals surface area (Å²) in [6.45, 7) is 1.69. The van der Waals surface area contributed by atoms with Gasteiger partial charge in [-0.25, -0.2) is 0 Å². The molecule has 25 heavy (non-hydrogen) atoms. The van der Waals surface area contributed by atoms with Crippen LogP contribution in [0.2, 0.25) is 0 Å². The van der Waals surface area contributed by atoms with E-state index in [1.54, 1.807) is 0 Å². The van der Waals surface area contributed by atoms with E-state index in [1.165, 1.54) is 0 Å². The van der Waals surface area contributed by atoms with Crippen LogP contribution in [0.3, 0.4) is 0 Å². The number of rotatable bonds is 4. The lowest BCUT2D eigenvalue weighted by Gasteiger charge is -2.17. The van der Waals surface area contributed by atoms with E-state index in [0.29, 0.717) is 18.5 Å². The Morgan fingerprint density at radius 3 is 2.28 bits per heavy atom. The van der Waals surface area contributed by atoms with Crippen molar-refractivity contribution in [3.8, 4) is 0 Å². The molecule has 1 aliphatic heterocycles. The van der Waals surface area contributed by atoms with Gasteiger partial charge in [0.1, 0.15) is 6.54 Å². The first-order chi connectivity index (χ1) is 11.9. The van der Waals surface area contributed by atoms with E-state index < -0.39 is 0 Å². The number of nitrogens with one attached hydrogen (secondary N) is 1. The van der Waals surface area contributed by atoms with Crippen LogP contribution in [0, 0.1) is 18.8 Å². The van der Waals surface area contributed by atoms with Gasteiger partial charge in [-0.3, -0.25) is 19.3 Å². The smallest absolute Gasteiger partial charge is 0.244 e. The number of benzene rings is 1. The van der Waals surface area contributed by atoms with Crippen LogP contribution in [0.5, 0.6) is 0 Å². The molecule has 3 amide bonds. The van der Waals surface area contributed by atoms with Crippen molar-refractivity contribution in [1.82, 2.24) is 4.90 Å². The number of allylic oxidation sites excluding steroid dienone is 2. The molecule has 0 saturated carbocycles. The van der Waals surface area contributed by atoms with E-state index in [0.717, 1.165) is 16.2 Å². The molecule has 1 aliphatic carbocycles. The summed E-state index contributed by atoms with van der Waals surface area (Å²) in [6, 6.07) is 5.72. The highest BCUT2D eigenvalue weighted by molar-refractivity contribution is 6.09. The highest BCUT2D eigenvalue weighted by Gasteiger charge is 2.47. The number of carbonyl (C=O) groups excluding carboxylic acids is 3. The zero-order chi connectivity index (χ0) is 18.1. The van der Waals surface area contributed by atoms with Crippen molar-refractivity contribution in [2.75, 3.05) is 30.9 Å². The fourth-order valence-corrected chi connectivity index (χ4v) is 3.42. The van der Waals surface area contributed by atoms with E-state index in [2.05, 4.69) is 5.32 Å². The molecule has 2 atom stereocenters. The van der Waals surface area contributed by atoms with Crippen molar-refractivity contribution in [3.05, 3.63) is 35.9 Å². The molecule has 1 aromatic rings. The van der Waals surface area contributed by atoms with Gasteiger partial charge in [-0.2, -0.15) is 0 Å². The van der Waals surface area contributed by atoms with Gasteiger partial charge in [0.05, 0.1) is 11.8 Å². The number of nitrogens with zero attached hydrogens (tertiary/aromatic N) is 2. The fourth-order valence-electron chi connectivity index (χ4n) is 3.42. The molecular formula is C19H23N3O3. The number of imide groups is 1. The topological polar surface area (TPSA) is 69.7 Å². The molecule has 1 fully saturated rings. The molecule has 0 bridgehead atoms. The summed E-state index contributed by atoms with van der Waals surface area (Å²) < 4.78 is 0. The standard InChI is InChI=1S/C19H23N3O3/c1-12-10-13(21(2)3)8-9-16(12)20-17(23)11-22-18(24)14-6-4-5-7-15(14)19(22)25/h4-5,8-10,14-15H,6-7,11H2,1-3H3,(H,20,23)/t14-,15-/m1/s1. The van der Waals surface area contributed by atoms with Crippen LogP contribution in [0.4, 0.5) is 11.4 Å². The second-order valence-electron chi connectivity index (χ2n) is 6.86. The number of carbonyl (C=O) groups is 3. The van der Waals surface area contributed by atoms with Crippen LogP contribution in [0.1, 0.15) is 18.4 Å². The summed E-state index contributed by atoms with van der Waals surface area (Å²) in [4.78, 5) is 40.3. The maximum Gasteiger partial charge on any atom is 0.244 e. The lowest BCUT2D eigenvalue weighted by atomic mass is 9.85. The van der Waals surface area contributed by atoms with Crippen molar-refractivity contribution in [1.29, 1.82) is 0 Å². The first-order valence-electron chi connectivity index (χ1n) is 8.46. The van der Waals surface area contributed by atoms with Crippen LogP contribution in [0.25, 0.3) is 0 Å². The van der Waals surface area contributed by atoms with Crippen molar-refractivity contribution >= 4 is 29.1 Å². The second-order valence-corrected chi connectivity index (χ2v) is 6.86. The number of hydrogen-bond acceptors (Lipinski definition) is 4. The van der Waals surface area contributed by atoms with Crippen LogP contribution in [-0.4, -0.2) is 43.3 Å². The third-order valence-corrected chi connectivity index (χ3v) is 4.90. The molecule has 1 aromatic carbocycles. The Morgan fingerprint density at radius 2 is 1.76 bits per heavy atom. The second kappa shape index (κ2) is 6.70. The molecule has 6 nitrogen and oxygen atoms in total. The lowest BCUT2D eigenvalue weighted by Crippen LogP contribution is -2.38. The predicted molar refractivity (Wildman–Crippen MR) is 96.2 cm³/mol. The number of fused-ring (bicyclic) bond motifs is 1. The maximum atomic E-state index is 12.4. The molecule has 0 unspecified atom stereocenters. The molecule has 2 aliphatic rings. The van der Waals surface area contributed by atoms with Gasteiger partial charge in [0.15, 0.2) is 0 Å². The zero-order valence-corrected chi connectivity index (χ0v) is 14.8. The summed E-state index contributed by atoms with van der Waals surface area (Å²) >= 11 is 0. The molecule has 132 valence electrons. The molecular weight excluding hydrogens is 318 g/mol. The summed E-state index contributed by atoms with van der Waals surface area (Å²) in [7, 11) is 3.90. The van der Waals surface area contributed by atoms with Crippen molar-refractivity contribution in [2.45, 2.75) is 19.8 Å². The Morgan fingerprint density at radius 1 is 1.16 bits per heavy atom. The highest BCUT2D eigenvalue weighted by Crippen LogP contribution is 2.34. The molecule has 1 N–H and O–H groups in total. The Hall–Kier alpha value is -2.63. The average Bonchev–Trinajstić information content (AvgIpc) is 2.82. The number of amides is 3. The molecule has 1 saturated heterocycles. The predicted octanol–water partition coefficient (Wildman–Crippen LogP) is 1.95. The minimum Gasteiger partial charge on any atom is -0.378 e. The zero-order valence-electron chi connectivity index (χ0n) is 14.8. The van der Waals surface area contributed by atoms with E-state index in [-0.39, 0.29) is 36.1 Å². The summed E-state index contributed by atoms with van der Waals surface area (Å²) in [5, 5.41) is 2.81. The monoisotopic (exact) mass is 341 g/mol. The van der Waals surface area contributed by atoms with Crippen LogP contribution in [-0.2, 0) is 14.4 Å². The molecule has 3 rings (SSSR count). The Labute approximate surface area is 147 Å². The fraction of sp³-hybridized carbons (Fsp3) is 0.421. The normalized spacial score (nSPS) is 22.1. The lowest BCUT2D eigenvalue weighted by molar-refractivity contribution is -0.142. The minimum atomic E-state index is -0.353. The first kappa shape index (κ1) is 17.2. The summed E-state index contributed by atoms with van der Waals surface area (Å²) in [6.07, 6.45) is 5.04. The van der Waals surface area contributed by atoms with E-state index in [9.17, 15) is 14.4 Å². The summed E-state index contributed by atoms with van der Waals surface area (Å²) in [5.41, 5.74) is 2.65. The van der Waals surface area contributed by atoms with Gasteiger partial charge in [-0.1, -0.05) is 12.2 Å². The van der Waals surface area contributed by atoms with Crippen LogP contribution < -0.4 is 10.2 Å². The van der Waals surface area contributed by atoms with Gasteiger partial charge in [0, 0.05) is 25.5 Å². The summed E-state index contributed by atoms with van der Waals surface area (Å²) in [5.74, 6) is -1.41. The molecule has 0 radical (unpaired) electrons. The van der Waals surface area contributed by atoms with Crippen molar-refractivity contribution < 1.29 is 14.4 Å². The number of anilines is 2. The Bertz CT molecular complexity index is 728. The van der Waals surface area contributed by atoms with E-state index in [4.69, 9.17) is 0 Å². The van der Waals surface area contributed by atoms with Gasteiger partial charge in [0.2, 0.25) is 17.7 Å². The van der Waals surface area contributed by atoms with Crippen molar-refractivity contribution in [3.63, 3.8) is 0 Å². The number of likely N-dealkylation sites (tertiary alicyclic amines) is 1. The molecule has 0 spiro atoms. The maximum absolute atomic E-state index is 12.4. The van der Waals surface area contributed by atoms with Crippen LogP contribution in [0.15, 0.2) is 30.4 Å². The first-order valence-corrected chi connectivity index (χ1v) is 8.46.